The lowest BCUT2D eigenvalue weighted by Crippen LogP contribution is -2.41. The lowest BCUT2D eigenvalue weighted by atomic mass is 10.3. The van der Waals surface area contributed by atoms with Crippen molar-refractivity contribution in [1.82, 2.24) is 10.4 Å². The average molecular weight is 154 g/mol. The van der Waals surface area contributed by atoms with E-state index in [2.05, 4.69) is 10.4 Å². The van der Waals surface area contributed by atoms with Gasteiger partial charge < -0.3 is 0 Å². The average Bonchev–Trinajstić information content (AvgIpc) is 2.60. The first kappa shape index (κ1) is 7.56. The molecule has 0 spiro atoms. The van der Waals surface area contributed by atoms with Crippen LogP contribution in [0.1, 0.15) is 38.5 Å². The van der Waals surface area contributed by atoms with Gasteiger partial charge in [-0.1, -0.05) is 12.8 Å². The van der Waals surface area contributed by atoms with Crippen LogP contribution in [0.4, 0.5) is 0 Å². The van der Waals surface area contributed by atoms with E-state index in [-0.39, 0.29) is 0 Å². The molecular weight excluding hydrogens is 136 g/mol. The number of hydrazine groups is 1. The molecular formula is C9H18N2. The van der Waals surface area contributed by atoms with Crippen molar-refractivity contribution in [1.29, 1.82) is 0 Å². The molecule has 1 N–H and O–H groups in total. The lowest BCUT2D eigenvalue weighted by Gasteiger charge is -2.21. The maximum Gasteiger partial charge on any atom is 0.0215 e. The smallest absolute Gasteiger partial charge is 0.0215 e. The first-order valence-corrected chi connectivity index (χ1v) is 4.96. The van der Waals surface area contributed by atoms with Gasteiger partial charge in [-0.3, -0.25) is 5.43 Å². The summed E-state index contributed by atoms with van der Waals surface area (Å²) >= 11 is 0. The van der Waals surface area contributed by atoms with Crippen molar-refractivity contribution in [2.75, 3.05) is 13.1 Å². The van der Waals surface area contributed by atoms with Crippen LogP contribution in [-0.4, -0.2) is 24.1 Å². The van der Waals surface area contributed by atoms with E-state index in [1.807, 2.05) is 0 Å². The minimum absolute atomic E-state index is 0.813. The van der Waals surface area contributed by atoms with Crippen molar-refractivity contribution in [2.45, 2.75) is 44.6 Å². The Bertz CT molecular complexity index is 98.7. The van der Waals surface area contributed by atoms with E-state index >= 15 is 0 Å². The molecule has 2 rings (SSSR count). The van der Waals surface area contributed by atoms with Gasteiger partial charge in [0.25, 0.3) is 0 Å². The molecule has 0 bridgehead atoms. The summed E-state index contributed by atoms with van der Waals surface area (Å²) in [7, 11) is 0. The van der Waals surface area contributed by atoms with E-state index in [4.69, 9.17) is 0 Å². The monoisotopic (exact) mass is 154 g/mol. The van der Waals surface area contributed by atoms with Crippen LogP contribution < -0.4 is 5.43 Å². The Balaban J connectivity index is 1.71. The third-order valence-electron chi connectivity index (χ3n) is 2.83. The molecule has 1 aliphatic heterocycles. The Morgan fingerprint density at radius 1 is 0.909 bits per heavy atom. The summed E-state index contributed by atoms with van der Waals surface area (Å²) in [5.74, 6) is 0. The molecule has 2 heteroatoms. The quantitative estimate of drug-likeness (QED) is 0.649. The molecule has 1 saturated heterocycles. The van der Waals surface area contributed by atoms with Crippen LogP contribution in [0.3, 0.4) is 0 Å². The molecule has 0 aromatic rings. The topological polar surface area (TPSA) is 15.3 Å². The highest BCUT2D eigenvalue weighted by Gasteiger charge is 2.19. The molecule has 11 heavy (non-hydrogen) atoms. The van der Waals surface area contributed by atoms with E-state index in [9.17, 15) is 0 Å². The first-order chi connectivity index (χ1) is 5.45. The van der Waals surface area contributed by atoms with Crippen molar-refractivity contribution in [3.05, 3.63) is 0 Å². The molecule has 0 radical (unpaired) electrons. The summed E-state index contributed by atoms with van der Waals surface area (Å²) < 4.78 is 0. The van der Waals surface area contributed by atoms with Gasteiger partial charge in [0, 0.05) is 19.1 Å². The zero-order chi connectivity index (χ0) is 7.52. The predicted molar refractivity (Wildman–Crippen MR) is 46.2 cm³/mol. The Labute approximate surface area is 68.9 Å². The van der Waals surface area contributed by atoms with Gasteiger partial charge in [0.05, 0.1) is 0 Å². The lowest BCUT2D eigenvalue weighted by molar-refractivity contribution is 0.198. The molecule has 0 atom stereocenters. The zero-order valence-electron chi connectivity index (χ0n) is 7.18. The van der Waals surface area contributed by atoms with Crippen LogP contribution in [0.25, 0.3) is 0 Å². The fraction of sp³-hybridized carbons (Fsp3) is 1.00. The molecule has 1 heterocycles. The fourth-order valence-corrected chi connectivity index (χ4v) is 2.16. The Morgan fingerprint density at radius 2 is 1.55 bits per heavy atom. The molecule has 2 aliphatic rings. The van der Waals surface area contributed by atoms with Crippen molar-refractivity contribution < 1.29 is 0 Å². The van der Waals surface area contributed by atoms with Crippen LogP contribution in [0.15, 0.2) is 0 Å². The zero-order valence-corrected chi connectivity index (χ0v) is 7.18. The van der Waals surface area contributed by atoms with Crippen LogP contribution in [0.2, 0.25) is 0 Å². The second-order valence-corrected chi connectivity index (χ2v) is 3.80. The molecule has 1 aliphatic carbocycles. The molecule has 0 aromatic carbocycles. The summed E-state index contributed by atoms with van der Waals surface area (Å²) in [4.78, 5) is 0. The van der Waals surface area contributed by atoms with Crippen molar-refractivity contribution >= 4 is 0 Å². The van der Waals surface area contributed by atoms with E-state index in [0.29, 0.717) is 0 Å². The van der Waals surface area contributed by atoms with Gasteiger partial charge in [0.1, 0.15) is 0 Å². The number of nitrogens with zero attached hydrogens (tertiary/aromatic N) is 1. The highest BCUT2D eigenvalue weighted by molar-refractivity contribution is 4.74. The SMILES string of the molecule is C1CCC(NN2CCCC2)C1. The largest absolute Gasteiger partial charge is 0.252 e. The van der Waals surface area contributed by atoms with Gasteiger partial charge in [-0.25, -0.2) is 5.01 Å². The van der Waals surface area contributed by atoms with Crippen molar-refractivity contribution in [3.8, 4) is 0 Å². The fourth-order valence-electron chi connectivity index (χ4n) is 2.16. The molecule has 2 nitrogen and oxygen atoms in total. The summed E-state index contributed by atoms with van der Waals surface area (Å²) in [5, 5.41) is 2.41. The van der Waals surface area contributed by atoms with Crippen LogP contribution in [0, 0.1) is 0 Å². The molecule has 1 saturated carbocycles. The molecule has 0 unspecified atom stereocenters. The third kappa shape index (κ3) is 1.94. The number of hydrogen-bond donors (Lipinski definition) is 1. The third-order valence-corrected chi connectivity index (χ3v) is 2.83. The maximum atomic E-state index is 3.61. The van der Waals surface area contributed by atoms with Gasteiger partial charge in [-0.15, -0.1) is 0 Å². The summed E-state index contributed by atoms with van der Waals surface area (Å²) in [5.41, 5.74) is 3.61. The van der Waals surface area contributed by atoms with Crippen LogP contribution in [-0.2, 0) is 0 Å². The van der Waals surface area contributed by atoms with Crippen molar-refractivity contribution in [3.63, 3.8) is 0 Å². The molecule has 0 aromatic heterocycles. The van der Waals surface area contributed by atoms with Crippen molar-refractivity contribution in [2.24, 2.45) is 0 Å². The first-order valence-electron chi connectivity index (χ1n) is 4.96. The van der Waals surface area contributed by atoms with E-state index in [1.165, 1.54) is 51.6 Å². The number of hydrogen-bond acceptors (Lipinski definition) is 2. The normalized spacial score (nSPS) is 28.4. The van der Waals surface area contributed by atoms with E-state index in [0.717, 1.165) is 6.04 Å². The summed E-state index contributed by atoms with van der Waals surface area (Å²) in [6.45, 7) is 2.55. The predicted octanol–water partition coefficient (Wildman–Crippen LogP) is 1.53. The second-order valence-electron chi connectivity index (χ2n) is 3.80. The summed E-state index contributed by atoms with van der Waals surface area (Å²) in [6.07, 6.45) is 8.45. The van der Waals surface area contributed by atoms with Gasteiger partial charge in [-0.05, 0) is 25.7 Å². The highest BCUT2D eigenvalue weighted by Crippen LogP contribution is 2.18. The molecule has 0 amide bonds. The highest BCUT2D eigenvalue weighted by atomic mass is 15.5. The molecule has 2 fully saturated rings. The minimum Gasteiger partial charge on any atom is -0.252 e. The summed E-state index contributed by atoms with van der Waals surface area (Å²) in [6, 6.07) is 0.813. The molecule has 64 valence electrons. The Kier molecular flexibility index (Phi) is 2.44. The Hall–Kier alpha value is -0.0800. The number of nitrogens with one attached hydrogen (secondary N) is 1. The maximum absolute atomic E-state index is 3.61. The van der Waals surface area contributed by atoms with Gasteiger partial charge in [0.15, 0.2) is 0 Å². The second kappa shape index (κ2) is 3.55. The van der Waals surface area contributed by atoms with Crippen LogP contribution in [0.5, 0.6) is 0 Å². The minimum atomic E-state index is 0.813. The van der Waals surface area contributed by atoms with Gasteiger partial charge >= 0.3 is 0 Å². The van der Waals surface area contributed by atoms with Gasteiger partial charge in [-0.2, -0.15) is 0 Å². The standard InChI is InChI=1S/C9H18N2/c1-2-6-9(5-1)10-11-7-3-4-8-11/h9-10H,1-8H2. The van der Waals surface area contributed by atoms with E-state index in [1.54, 1.807) is 0 Å². The van der Waals surface area contributed by atoms with Crippen LogP contribution >= 0.6 is 0 Å². The van der Waals surface area contributed by atoms with E-state index < -0.39 is 0 Å². The Morgan fingerprint density at radius 3 is 2.18 bits per heavy atom. The van der Waals surface area contributed by atoms with Gasteiger partial charge in [0.2, 0.25) is 0 Å². The number of rotatable bonds is 2.